The van der Waals surface area contributed by atoms with Gasteiger partial charge in [-0.25, -0.2) is 0 Å². The lowest BCUT2D eigenvalue weighted by Gasteiger charge is -2.12. The number of rotatable bonds is 3. The minimum atomic E-state index is 0. The lowest BCUT2D eigenvalue weighted by molar-refractivity contribution is -0.118. The first kappa shape index (κ1) is 16.1. The highest BCUT2D eigenvalue weighted by atomic mass is 35.5. The molecule has 2 heterocycles. The lowest BCUT2D eigenvalue weighted by atomic mass is 10.1. The molecule has 2 N–H and O–H groups in total. The van der Waals surface area contributed by atoms with Crippen LogP contribution in [0, 0.1) is 0 Å². The zero-order chi connectivity index (χ0) is 13.8. The van der Waals surface area contributed by atoms with Gasteiger partial charge in [-0.15, -0.1) is 12.4 Å². The van der Waals surface area contributed by atoms with Crippen molar-refractivity contribution in [2.75, 3.05) is 25.1 Å². The van der Waals surface area contributed by atoms with Crippen molar-refractivity contribution in [2.24, 2.45) is 0 Å². The van der Waals surface area contributed by atoms with Gasteiger partial charge in [0.1, 0.15) is 12.4 Å². The number of benzene rings is 1. The molecule has 2 aliphatic rings. The van der Waals surface area contributed by atoms with Crippen LogP contribution in [0.2, 0.25) is 0 Å². The summed E-state index contributed by atoms with van der Waals surface area (Å²) in [5.74, 6) is 0.909. The molecule has 21 heavy (non-hydrogen) atoms. The molecule has 1 atom stereocenters. The Bertz CT molecular complexity index is 490. The lowest BCUT2D eigenvalue weighted by Crippen LogP contribution is -2.19. The van der Waals surface area contributed by atoms with E-state index in [0.717, 1.165) is 49.5 Å². The van der Waals surface area contributed by atoms with Crippen LogP contribution in [0.4, 0.5) is 5.69 Å². The average Bonchev–Trinajstić information content (AvgIpc) is 2.82. The van der Waals surface area contributed by atoms with Crippen molar-refractivity contribution >= 4 is 24.0 Å². The van der Waals surface area contributed by atoms with E-state index in [2.05, 4.69) is 10.6 Å². The summed E-state index contributed by atoms with van der Waals surface area (Å²) >= 11 is 0. The minimum Gasteiger partial charge on any atom is -0.492 e. The second-order valence-electron chi connectivity index (χ2n) is 5.24. The van der Waals surface area contributed by atoms with Gasteiger partial charge < -0.3 is 20.1 Å². The van der Waals surface area contributed by atoms with Crippen LogP contribution in [0.15, 0.2) is 18.2 Å². The summed E-state index contributed by atoms with van der Waals surface area (Å²) in [6, 6.07) is 5.78. The number of nitrogens with one attached hydrogen (secondary N) is 2. The van der Waals surface area contributed by atoms with Crippen molar-refractivity contribution in [2.45, 2.75) is 31.9 Å². The van der Waals surface area contributed by atoms with E-state index >= 15 is 0 Å². The maximum atomic E-state index is 12.0. The highest BCUT2D eigenvalue weighted by Gasteiger charge is 2.19. The Morgan fingerprint density at radius 3 is 3.10 bits per heavy atom. The topological polar surface area (TPSA) is 59.6 Å². The maximum absolute atomic E-state index is 12.0. The standard InChI is InChI=1S/C15H20N2O3.ClH/c18-15(9-13-2-1-6-19-13)17-12-3-4-14-11(8-12)10-16-5-7-20-14;/h3-4,8,13,16H,1-2,5-7,9-10H2,(H,17,18);1H. The van der Waals surface area contributed by atoms with Crippen LogP contribution in [0.5, 0.6) is 5.75 Å². The van der Waals surface area contributed by atoms with E-state index in [9.17, 15) is 4.79 Å². The van der Waals surface area contributed by atoms with Crippen LogP contribution < -0.4 is 15.4 Å². The first-order valence-electron chi connectivity index (χ1n) is 7.19. The average molecular weight is 313 g/mol. The quantitative estimate of drug-likeness (QED) is 0.897. The Labute approximate surface area is 130 Å². The zero-order valence-corrected chi connectivity index (χ0v) is 12.7. The van der Waals surface area contributed by atoms with E-state index in [1.807, 2.05) is 18.2 Å². The summed E-state index contributed by atoms with van der Waals surface area (Å²) in [6.45, 7) is 3.07. The van der Waals surface area contributed by atoms with E-state index in [1.54, 1.807) is 0 Å². The van der Waals surface area contributed by atoms with Crippen LogP contribution in [0.3, 0.4) is 0 Å². The van der Waals surface area contributed by atoms with Crippen LogP contribution >= 0.6 is 12.4 Å². The molecule has 0 saturated carbocycles. The van der Waals surface area contributed by atoms with Gasteiger partial charge in [-0.05, 0) is 31.0 Å². The third-order valence-electron chi connectivity index (χ3n) is 3.63. The molecule has 1 saturated heterocycles. The smallest absolute Gasteiger partial charge is 0.226 e. The normalized spacial score (nSPS) is 20.7. The van der Waals surface area contributed by atoms with Crippen molar-refractivity contribution < 1.29 is 14.3 Å². The van der Waals surface area contributed by atoms with Crippen LogP contribution in [0.25, 0.3) is 0 Å². The molecule has 1 aromatic rings. The van der Waals surface area contributed by atoms with Crippen molar-refractivity contribution in [1.29, 1.82) is 0 Å². The number of carbonyl (C=O) groups excluding carboxylic acids is 1. The van der Waals surface area contributed by atoms with Gasteiger partial charge in [-0.2, -0.15) is 0 Å². The first-order chi connectivity index (χ1) is 9.81. The van der Waals surface area contributed by atoms with E-state index < -0.39 is 0 Å². The van der Waals surface area contributed by atoms with Gasteiger partial charge in [0.15, 0.2) is 0 Å². The molecule has 5 nitrogen and oxygen atoms in total. The maximum Gasteiger partial charge on any atom is 0.226 e. The summed E-state index contributed by atoms with van der Waals surface area (Å²) in [6.07, 6.45) is 2.56. The Morgan fingerprint density at radius 1 is 1.38 bits per heavy atom. The molecule has 0 aliphatic carbocycles. The number of hydrogen-bond acceptors (Lipinski definition) is 4. The van der Waals surface area contributed by atoms with Gasteiger partial charge >= 0.3 is 0 Å². The highest BCUT2D eigenvalue weighted by Crippen LogP contribution is 2.24. The Balaban J connectivity index is 0.00000161. The molecule has 1 amide bonds. The molecule has 1 fully saturated rings. The van der Waals surface area contributed by atoms with E-state index in [-0.39, 0.29) is 24.4 Å². The van der Waals surface area contributed by atoms with Gasteiger partial charge in [0, 0.05) is 30.9 Å². The molecule has 0 bridgehead atoms. The van der Waals surface area contributed by atoms with E-state index in [1.165, 1.54) is 0 Å². The zero-order valence-electron chi connectivity index (χ0n) is 11.9. The second-order valence-corrected chi connectivity index (χ2v) is 5.24. The predicted octanol–water partition coefficient (Wildman–Crippen LogP) is 2.10. The van der Waals surface area contributed by atoms with Gasteiger partial charge in [-0.1, -0.05) is 0 Å². The SMILES string of the molecule is Cl.O=C(CC1CCCO1)Nc1ccc2c(c1)CNCCO2. The Hall–Kier alpha value is -1.30. The van der Waals surface area contributed by atoms with Gasteiger partial charge in [-0.3, -0.25) is 4.79 Å². The fourth-order valence-electron chi connectivity index (χ4n) is 2.62. The van der Waals surface area contributed by atoms with Gasteiger partial charge in [0.25, 0.3) is 0 Å². The molecule has 3 rings (SSSR count). The molecule has 2 aliphatic heterocycles. The Morgan fingerprint density at radius 2 is 2.29 bits per heavy atom. The van der Waals surface area contributed by atoms with Gasteiger partial charge in [0.05, 0.1) is 12.5 Å². The molecule has 1 aromatic carbocycles. The second kappa shape index (κ2) is 7.64. The molecule has 0 aromatic heterocycles. The summed E-state index contributed by atoms with van der Waals surface area (Å²) in [5.41, 5.74) is 1.90. The predicted molar refractivity (Wildman–Crippen MR) is 83.1 cm³/mol. The van der Waals surface area contributed by atoms with Crippen molar-refractivity contribution in [3.8, 4) is 5.75 Å². The monoisotopic (exact) mass is 312 g/mol. The molecule has 0 spiro atoms. The van der Waals surface area contributed by atoms with Crippen molar-refractivity contribution in [3.63, 3.8) is 0 Å². The number of fused-ring (bicyclic) bond motifs is 1. The van der Waals surface area contributed by atoms with E-state index in [0.29, 0.717) is 13.0 Å². The molecular formula is C15H21ClN2O3. The minimum absolute atomic E-state index is 0. The third kappa shape index (κ3) is 4.33. The first-order valence-corrected chi connectivity index (χ1v) is 7.19. The molecule has 1 unspecified atom stereocenters. The molecular weight excluding hydrogens is 292 g/mol. The van der Waals surface area contributed by atoms with Crippen LogP contribution in [-0.4, -0.2) is 31.8 Å². The molecule has 6 heteroatoms. The number of carbonyl (C=O) groups is 1. The number of ether oxygens (including phenoxy) is 2. The number of halogens is 1. The third-order valence-corrected chi connectivity index (χ3v) is 3.63. The Kier molecular flexibility index (Phi) is 5.85. The summed E-state index contributed by atoms with van der Waals surface area (Å²) < 4.78 is 11.1. The number of hydrogen-bond donors (Lipinski definition) is 2. The van der Waals surface area contributed by atoms with Gasteiger partial charge in [0.2, 0.25) is 5.91 Å². The summed E-state index contributed by atoms with van der Waals surface area (Å²) in [5, 5.41) is 6.22. The summed E-state index contributed by atoms with van der Waals surface area (Å²) in [7, 11) is 0. The van der Waals surface area contributed by atoms with Crippen LogP contribution in [0.1, 0.15) is 24.8 Å². The number of anilines is 1. The largest absolute Gasteiger partial charge is 0.492 e. The van der Waals surface area contributed by atoms with Crippen LogP contribution in [-0.2, 0) is 16.1 Å². The fraction of sp³-hybridized carbons (Fsp3) is 0.533. The van der Waals surface area contributed by atoms with Crippen molar-refractivity contribution in [3.05, 3.63) is 23.8 Å². The van der Waals surface area contributed by atoms with Crippen molar-refractivity contribution in [1.82, 2.24) is 5.32 Å². The molecule has 0 radical (unpaired) electrons. The van der Waals surface area contributed by atoms with E-state index in [4.69, 9.17) is 9.47 Å². The molecule has 116 valence electrons. The number of amides is 1. The highest BCUT2D eigenvalue weighted by molar-refractivity contribution is 5.91. The summed E-state index contributed by atoms with van der Waals surface area (Å²) in [4.78, 5) is 12.0. The fourth-order valence-corrected chi connectivity index (χ4v) is 2.62.